The number of rotatable bonds is 6. The van der Waals surface area contributed by atoms with Crippen molar-refractivity contribution in [1.29, 1.82) is 0 Å². The van der Waals surface area contributed by atoms with Gasteiger partial charge in [-0.25, -0.2) is 8.42 Å². The predicted octanol–water partition coefficient (Wildman–Crippen LogP) is -0.632. The molecular weight excluding hydrogens is 210 g/mol. The van der Waals surface area contributed by atoms with Gasteiger partial charge in [-0.3, -0.25) is 4.79 Å². The highest BCUT2D eigenvalue weighted by atomic mass is 32.2. The number of hydrogen-bond acceptors (Lipinski definition) is 4. The van der Waals surface area contributed by atoms with Gasteiger partial charge in [0.15, 0.2) is 5.75 Å². The first-order valence-corrected chi connectivity index (χ1v) is 5.58. The van der Waals surface area contributed by atoms with Crippen molar-refractivity contribution in [3.63, 3.8) is 0 Å². The minimum atomic E-state index is -3.73. The second-order valence-electron chi connectivity index (χ2n) is 2.97. The smallest absolute Gasteiger partial charge is 0.320 e. The average molecular weight is 225 g/mol. The van der Waals surface area contributed by atoms with E-state index in [2.05, 4.69) is 0 Å². The van der Waals surface area contributed by atoms with Crippen LogP contribution in [0.5, 0.6) is 0 Å². The van der Waals surface area contributed by atoms with Crippen LogP contribution in [0.2, 0.25) is 0 Å². The van der Waals surface area contributed by atoms with Crippen molar-refractivity contribution in [2.45, 2.75) is 13.0 Å². The fourth-order valence-electron chi connectivity index (χ4n) is 0.878. The Kier molecular flexibility index (Phi) is 5.03. The number of nitrogens with zero attached hydrogens (tertiary/aromatic N) is 1. The summed E-state index contributed by atoms with van der Waals surface area (Å²) in [6, 6.07) is -0.371. The summed E-state index contributed by atoms with van der Waals surface area (Å²) < 4.78 is 28.5. The molecule has 0 saturated heterocycles. The Labute approximate surface area is 83.5 Å². The number of carboxylic acid groups (broad SMARTS) is 1. The Morgan fingerprint density at radius 1 is 1.57 bits per heavy atom. The Hall–Kier alpha value is -0.660. The number of sulfonamides is 1. The lowest BCUT2D eigenvalue weighted by atomic mass is 10.4. The number of ether oxygens (including phenoxy) is 1. The number of likely N-dealkylation sites (N-methyl/N-ethyl adjacent to an activating group) is 1. The third-order valence-corrected chi connectivity index (χ3v) is 3.62. The third-order valence-electron chi connectivity index (χ3n) is 1.77. The zero-order valence-electron chi connectivity index (χ0n) is 8.43. The summed E-state index contributed by atoms with van der Waals surface area (Å²) in [5, 5.41) is 8.37. The predicted molar refractivity (Wildman–Crippen MR) is 50.5 cm³/mol. The molecule has 0 aromatic carbocycles. The van der Waals surface area contributed by atoms with Crippen molar-refractivity contribution in [2.24, 2.45) is 0 Å². The SMILES string of the molecule is COCC(C)N(C)S(=O)(=O)CC(=O)O. The van der Waals surface area contributed by atoms with Gasteiger partial charge in [0.1, 0.15) is 0 Å². The monoisotopic (exact) mass is 225 g/mol. The number of hydrogen-bond donors (Lipinski definition) is 1. The van der Waals surface area contributed by atoms with Crippen LogP contribution in [0, 0.1) is 0 Å². The Morgan fingerprint density at radius 3 is 2.43 bits per heavy atom. The Bertz CT molecular complexity index is 286. The molecule has 6 nitrogen and oxygen atoms in total. The first kappa shape index (κ1) is 13.3. The van der Waals surface area contributed by atoms with Gasteiger partial charge in [-0.05, 0) is 6.92 Å². The van der Waals surface area contributed by atoms with Gasteiger partial charge in [0.05, 0.1) is 6.61 Å². The first-order chi connectivity index (χ1) is 6.31. The van der Waals surface area contributed by atoms with Gasteiger partial charge >= 0.3 is 5.97 Å². The highest BCUT2D eigenvalue weighted by molar-refractivity contribution is 7.89. The fourth-order valence-corrected chi connectivity index (χ4v) is 2.00. The molecule has 0 bridgehead atoms. The summed E-state index contributed by atoms with van der Waals surface area (Å²) in [7, 11) is -0.939. The third kappa shape index (κ3) is 4.03. The molecule has 0 aliphatic heterocycles. The maximum atomic E-state index is 11.3. The molecule has 14 heavy (non-hydrogen) atoms. The lowest BCUT2D eigenvalue weighted by Gasteiger charge is -2.22. The highest BCUT2D eigenvalue weighted by Crippen LogP contribution is 2.04. The van der Waals surface area contributed by atoms with Crippen LogP contribution in [0.1, 0.15) is 6.92 Å². The van der Waals surface area contributed by atoms with Gasteiger partial charge in [-0.2, -0.15) is 4.31 Å². The Morgan fingerprint density at radius 2 is 2.07 bits per heavy atom. The maximum Gasteiger partial charge on any atom is 0.320 e. The van der Waals surface area contributed by atoms with E-state index in [1.54, 1.807) is 6.92 Å². The zero-order chi connectivity index (χ0) is 11.4. The molecule has 0 rings (SSSR count). The van der Waals surface area contributed by atoms with Crippen molar-refractivity contribution in [1.82, 2.24) is 4.31 Å². The molecule has 0 amide bonds. The molecule has 0 aromatic heterocycles. The molecule has 1 atom stereocenters. The van der Waals surface area contributed by atoms with E-state index >= 15 is 0 Å². The summed E-state index contributed by atoms with van der Waals surface area (Å²) in [6.07, 6.45) is 0. The van der Waals surface area contributed by atoms with E-state index < -0.39 is 21.7 Å². The normalized spacial score (nSPS) is 14.3. The summed E-state index contributed by atoms with van der Waals surface area (Å²) in [5.74, 6) is -2.25. The summed E-state index contributed by atoms with van der Waals surface area (Å²) in [6.45, 7) is 1.87. The maximum absolute atomic E-state index is 11.3. The van der Waals surface area contributed by atoms with E-state index in [-0.39, 0.29) is 12.6 Å². The van der Waals surface area contributed by atoms with E-state index in [1.807, 2.05) is 0 Å². The summed E-state index contributed by atoms with van der Waals surface area (Å²) in [5.41, 5.74) is 0. The van der Waals surface area contributed by atoms with Gasteiger partial charge in [-0.15, -0.1) is 0 Å². The van der Waals surface area contributed by atoms with E-state index in [1.165, 1.54) is 14.2 Å². The van der Waals surface area contributed by atoms with E-state index in [4.69, 9.17) is 9.84 Å². The van der Waals surface area contributed by atoms with Gasteiger partial charge in [0.25, 0.3) is 0 Å². The molecule has 1 unspecified atom stereocenters. The van der Waals surface area contributed by atoms with E-state index in [0.29, 0.717) is 0 Å². The minimum Gasteiger partial charge on any atom is -0.480 e. The quantitative estimate of drug-likeness (QED) is 0.650. The molecule has 0 fully saturated rings. The van der Waals surface area contributed by atoms with E-state index in [9.17, 15) is 13.2 Å². The van der Waals surface area contributed by atoms with Crippen LogP contribution < -0.4 is 0 Å². The van der Waals surface area contributed by atoms with Crippen LogP contribution in [-0.4, -0.2) is 56.4 Å². The molecule has 0 aromatic rings. The second-order valence-corrected chi connectivity index (χ2v) is 5.00. The fraction of sp³-hybridized carbons (Fsp3) is 0.857. The van der Waals surface area contributed by atoms with Crippen LogP contribution in [-0.2, 0) is 19.6 Å². The van der Waals surface area contributed by atoms with Crippen molar-refractivity contribution in [3.05, 3.63) is 0 Å². The molecular formula is C7H15NO5S. The highest BCUT2D eigenvalue weighted by Gasteiger charge is 2.25. The van der Waals surface area contributed by atoms with Gasteiger partial charge in [0.2, 0.25) is 10.0 Å². The molecule has 0 saturated carbocycles. The Balaban J connectivity index is 4.50. The van der Waals surface area contributed by atoms with Gasteiger partial charge in [-0.1, -0.05) is 0 Å². The molecule has 1 N–H and O–H groups in total. The molecule has 0 radical (unpaired) electrons. The van der Waals surface area contributed by atoms with Crippen LogP contribution in [0.15, 0.2) is 0 Å². The van der Waals surface area contributed by atoms with Crippen LogP contribution in [0.4, 0.5) is 0 Å². The molecule has 7 heteroatoms. The zero-order valence-corrected chi connectivity index (χ0v) is 9.24. The average Bonchev–Trinajstić information content (AvgIpc) is 2.01. The number of methoxy groups -OCH3 is 1. The molecule has 0 heterocycles. The minimum absolute atomic E-state index is 0.231. The van der Waals surface area contributed by atoms with Crippen LogP contribution in [0.3, 0.4) is 0 Å². The standard InChI is InChI=1S/C7H15NO5S/c1-6(4-13-3)8(2)14(11,12)5-7(9)10/h6H,4-5H2,1-3H3,(H,9,10). The van der Waals surface area contributed by atoms with Crippen molar-refractivity contribution in [3.8, 4) is 0 Å². The summed E-state index contributed by atoms with van der Waals surface area (Å²) >= 11 is 0. The number of carboxylic acids is 1. The molecule has 0 aliphatic carbocycles. The molecule has 0 aliphatic rings. The largest absolute Gasteiger partial charge is 0.480 e. The van der Waals surface area contributed by atoms with Crippen molar-refractivity contribution >= 4 is 16.0 Å². The van der Waals surface area contributed by atoms with Crippen LogP contribution in [0.25, 0.3) is 0 Å². The lowest BCUT2D eigenvalue weighted by Crippen LogP contribution is -2.40. The topological polar surface area (TPSA) is 83.9 Å². The number of aliphatic carboxylic acids is 1. The lowest BCUT2D eigenvalue weighted by molar-refractivity contribution is -0.134. The van der Waals surface area contributed by atoms with Gasteiger partial charge < -0.3 is 9.84 Å². The second kappa shape index (κ2) is 5.28. The molecule has 0 spiro atoms. The summed E-state index contributed by atoms with van der Waals surface area (Å²) in [4.78, 5) is 10.3. The number of carbonyl (C=O) groups is 1. The van der Waals surface area contributed by atoms with Gasteiger partial charge in [0, 0.05) is 20.2 Å². The van der Waals surface area contributed by atoms with Crippen molar-refractivity contribution in [2.75, 3.05) is 26.5 Å². The van der Waals surface area contributed by atoms with Crippen molar-refractivity contribution < 1.29 is 23.1 Å². The van der Waals surface area contributed by atoms with Crippen LogP contribution >= 0.6 is 0 Å². The van der Waals surface area contributed by atoms with E-state index in [0.717, 1.165) is 4.31 Å². The first-order valence-electron chi connectivity index (χ1n) is 3.97. The molecule has 84 valence electrons.